The van der Waals surface area contributed by atoms with E-state index in [0.29, 0.717) is 0 Å². The molecule has 0 saturated carbocycles. The summed E-state index contributed by atoms with van der Waals surface area (Å²) in [6.45, 7) is 5.60. The van der Waals surface area contributed by atoms with Gasteiger partial charge in [-0.3, -0.25) is 9.69 Å². The molecule has 1 atom stereocenters. The molecule has 0 aromatic rings. The number of hydrogen-bond acceptors (Lipinski definition) is 2. The van der Waals surface area contributed by atoms with E-state index in [1.807, 2.05) is 6.08 Å². The number of hydrogen-bond donors (Lipinski definition) is 1. The smallest absolute Gasteiger partial charge is 0.320 e. The van der Waals surface area contributed by atoms with Crippen molar-refractivity contribution in [1.29, 1.82) is 0 Å². The van der Waals surface area contributed by atoms with Crippen molar-refractivity contribution in [3.05, 3.63) is 12.7 Å². The number of likely N-dealkylation sites (tertiary alicyclic amines) is 1. The van der Waals surface area contributed by atoms with Crippen LogP contribution >= 0.6 is 0 Å². The predicted octanol–water partition coefficient (Wildman–Crippen LogP) is 3.06. The first kappa shape index (κ1) is 14.2. The summed E-state index contributed by atoms with van der Waals surface area (Å²) in [7, 11) is 0. The normalized spacial score (nSPS) is 22.0. The van der Waals surface area contributed by atoms with Crippen molar-refractivity contribution < 1.29 is 9.90 Å². The van der Waals surface area contributed by atoms with Crippen molar-refractivity contribution in [3.63, 3.8) is 0 Å². The van der Waals surface area contributed by atoms with E-state index in [2.05, 4.69) is 11.5 Å². The van der Waals surface area contributed by atoms with Gasteiger partial charge in [0.1, 0.15) is 6.04 Å². The standard InChI is InChI=1S/C14H25NO2/c1-2-3-4-5-8-11-15-12-9-6-7-10-13(15)14(16)17/h2,13H,1,3-12H2,(H,16,17). The Hall–Kier alpha value is -0.830. The van der Waals surface area contributed by atoms with Gasteiger partial charge in [-0.05, 0) is 45.2 Å². The van der Waals surface area contributed by atoms with Gasteiger partial charge in [0.15, 0.2) is 0 Å². The molecule has 0 spiro atoms. The van der Waals surface area contributed by atoms with Crippen LogP contribution in [-0.4, -0.2) is 35.1 Å². The molecule has 0 radical (unpaired) electrons. The molecule has 0 aromatic heterocycles. The van der Waals surface area contributed by atoms with Gasteiger partial charge >= 0.3 is 5.97 Å². The Kier molecular flexibility index (Phi) is 6.94. The van der Waals surface area contributed by atoms with E-state index in [9.17, 15) is 9.90 Å². The average Bonchev–Trinajstić information content (AvgIpc) is 2.54. The number of carboxylic acids is 1. The van der Waals surface area contributed by atoms with Crippen molar-refractivity contribution in [2.45, 2.75) is 57.4 Å². The van der Waals surface area contributed by atoms with Gasteiger partial charge in [-0.15, -0.1) is 6.58 Å². The number of unbranched alkanes of at least 4 members (excludes halogenated alkanes) is 3. The van der Waals surface area contributed by atoms with Crippen LogP contribution in [-0.2, 0) is 4.79 Å². The third kappa shape index (κ3) is 5.35. The van der Waals surface area contributed by atoms with Crippen molar-refractivity contribution in [2.75, 3.05) is 13.1 Å². The van der Waals surface area contributed by atoms with Crippen LogP contribution in [0.1, 0.15) is 51.4 Å². The van der Waals surface area contributed by atoms with Gasteiger partial charge in [0, 0.05) is 0 Å². The van der Waals surface area contributed by atoms with Crippen LogP contribution in [0.5, 0.6) is 0 Å². The zero-order valence-corrected chi connectivity index (χ0v) is 10.7. The Bertz CT molecular complexity index is 240. The molecule has 1 saturated heterocycles. The van der Waals surface area contributed by atoms with Gasteiger partial charge < -0.3 is 5.11 Å². The highest BCUT2D eigenvalue weighted by Gasteiger charge is 2.26. The molecule has 17 heavy (non-hydrogen) atoms. The van der Waals surface area contributed by atoms with E-state index >= 15 is 0 Å². The molecule has 1 aliphatic heterocycles. The number of rotatable bonds is 7. The largest absolute Gasteiger partial charge is 0.480 e. The lowest BCUT2D eigenvalue weighted by Gasteiger charge is -2.26. The summed E-state index contributed by atoms with van der Waals surface area (Å²) in [5.41, 5.74) is 0. The summed E-state index contributed by atoms with van der Waals surface area (Å²) in [6.07, 6.45) is 10.7. The highest BCUT2D eigenvalue weighted by Crippen LogP contribution is 2.17. The van der Waals surface area contributed by atoms with Gasteiger partial charge in [-0.25, -0.2) is 0 Å². The van der Waals surface area contributed by atoms with E-state index in [4.69, 9.17) is 0 Å². The lowest BCUT2D eigenvalue weighted by atomic mass is 10.1. The highest BCUT2D eigenvalue weighted by molar-refractivity contribution is 5.73. The third-order valence-electron chi connectivity index (χ3n) is 3.50. The minimum absolute atomic E-state index is 0.239. The van der Waals surface area contributed by atoms with Crippen molar-refractivity contribution in [1.82, 2.24) is 4.90 Å². The Labute approximate surface area is 105 Å². The second-order valence-electron chi connectivity index (χ2n) is 4.88. The number of carboxylic acid groups (broad SMARTS) is 1. The second-order valence-corrected chi connectivity index (χ2v) is 4.88. The summed E-state index contributed by atoms with van der Waals surface area (Å²) in [5.74, 6) is -0.641. The zero-order valence-electron chi connectivity index (χ0n) is 10.7. The van der Waals surface area contributed by atoms with E-state index in [1.54, 1.807) is 0 Å². The molecule has 1 heterocycles. The number of carbonyl (C=O) groups is 1. The lowest BCUT2D eigenvalue weighted by molar-refractivity contribution is -0.143. The van der Waals surface area contributed by atoms with Crippen LogP contribution in [0.3, 0.4) is 0 Å². The summed E-state index contributed by atoms with van der Waals surface area (Å²) in [6, 6.07) is -0.239. The van der Waals surface area contributed by atoms with Gasteiger partial charge in [-0.2, -0.15) is 0 Å². The average molecular weight is 239 g/mol. The quantitative estimate of drug-likeness (QED) is 0.548. The fourth-order valence-electron chi connectivity index (χ4n) is 2.50. The van der Waals surface area contributed by atoms with Crippen LogP contribution in [0.25, 0.3) is 0 Å². The molecule has 0 aliphatic carbocycles. The van der Waals surface area contributed by atoms with Crippen molar-refractivity contribution in [2.24, 2.45) is 0 Å². The molecule has 1 aliphatic rings. The molecule has 3 heteroatoms. The zero-order chi connectivity index (χ0) is 12.5. The molecule has 3 nitrogen and oxygen atoms in total. The monoisotopic (exact) mass is 239 g/mol. The van der Waals surface area contributed by atoms with Crippen LogP contribution in [0.2, 0.25) is 0 Å². The summed E-state index contributed by atoms with van der Waals surface area (Å²) < 4.78 is 0. The predicted molar refractivity (Wildman–Crippen MR) is 70.1 cm³/mol. The van der Waals surface area contributed by atoms with Crippen LogP contribution in [0, 0.1) is 0 Å². The fourth-order valence-corrected chi connectivity index (χ4v) is 2.50. The van der Waals surface area contributed by atoms with E-state index in [1.165, 1.54) is 19.3 Å². The molecule has 0 bridgehead atoms. The molecule has 1 fully saturated rings. The van der Waals surface area contributed by atoms with Gasteiger partial charge in [0.25, 0.3) is 0 Å². The van der Waals surface area contributed by atoms with Crippen molar-refractivity contribution >= 4 is 5.97 Å². The number of nitrogens with zero attached hydrogens (tertiary/aromatic N) is 1. The number of allylic oxidation sites excluding steroid dienone is 1. The summed E-state index contributed by atoms with van der Waals surface area (Å²) in [4.78, 5) is 13.4. The molecule has 1 N–H and O–H groups in total. The van der Waals surface area contributed by atoms with E-state index in [-0.39, 0.29) is 6.04 Å². The SMILES string of the molecule is C=CCCCCCN1CCCCCC1C(=O)O. The second kappa shape index (κ2) is 8.29. The van der Waals surface area contributed by atoms with E-state index in [0.717, 1.165) is 45.2 Å². The van der Waals surface area contributed by atoms with Gasteiger partial charge in [-0.1, -0.05) is 25.3 Å². The van der Waals surface area contributed by atoms with Crippen molar-refractivity contribution in [3.8, 4) is 0 Å². The van der Waals surface area contributed by atoms with Gasteiger partial charge in [0.2, 0.25) is 0 Å². The van der Waals surface area contributed by atoms with Gasteiger partial charge in [0.05, 0.1) is 0 Å². The van der Waals surface area contributed by atoms with Crippen LogP contribution in [0.4, 0.5) is 0 Å². The third-order valence-corrected chi connectivity index (χ3v) is 3.50. The van der Waals surface area contributed by atoms with Crippen LogP contribution < -0.4 is 0 Å². The molecule has 0 amide bonds. The summed E-state index contributed by atoms with van der Waals surface area (Å²) in [5, 5.41) is 9.22. The Morgan fingerprint density at radius 3 is 2.82 bits per heavy atom. The maximum Gasteiger partial charge on any atom is 0.320 e. The first-order valence-electron chi connectivity index (χ1n) is 6.83. The Morgan fingerprint density at radius 1 is 1.29 bits per heavy atom. The molecule has 1 rings (SSSR count). The fraction of sp³-hybridized carbons (Fsp3) is 0.786. The summed E-state index contributed by atoms with van der Waals surface area (Å²) >= 11 is 0. The topological polar surface area (TPSA) is 40.5 Å². The maximum atomic E-state index is 11.2. The highest BCUT2D eigenvalue weighted by atomic mass is 16.4. The maximum absolute atomic E-state index is 11.2. The van der Waals surface area contributed by atoms with Crippen LogP contribution in [0.15, 0.2) is 12.7 Å². The first-order chi connectivity index (χ1) is 8.25. The minimum atomic E-state index is -0.641. The first-order valence-corrected chi connectivity index (χ1v) is 6.83. The molecule has 0 aromatic carbocycles. The molecule has 98 valence electrons. The number of aliphatic carboxylic acids is 1. The Morgan fingerprint density at radius 2 is 2.12 bits per heavy atom. The van der Waals surface area contributed by atoms with E-state index < -0.39 is 5.97 Å². The molecular formula is C14H25NO2. The molecular weight excluding hydrogens is 214 g/mol. The minimum Gasteiger partial charge on any atom is -0.480 e. The lowest BCUT2D eigenvalue weighted by Crippen LogP contribution is -2.41. The molecule has 1 unspecified atom stereocenters. The Balaban J connectivity index is 2.30.